The van der Waals surface area contributed by atoms with Gasteiger partial charge in [-0.25, -0.2) is 9.37 Å². The molecule has 8 heteroatoms. The van der Waals surface area contributed by atoms with Gasteiger partial charge in [-0.15, -0.1) is 0 Å². The Kier molecular flexibility index (Phi) is 4.39. The molecule has 2 aromatic rings. The third kappa shape index (κ3) is 3.04. The maximum atomic E-state index is 14.2. The fourth-order valence-corrected chi connectivity index (χ4v) is 3.24. The van der Waals surface area contributed by atoms with Gasteiger partial charge in [-0.2, -0.15) is 5.26 Å². The van der Waals surface area contributed by atoms with Crippen molar-refractivity contribution in [2.24, 2.45) is 5.92 Å². The van der Waals surface area contributed by atoms with Crippen LogP contribution in [0.1, 0.15) is 32.3 Å². The molecule has 0 N–H and O–H groups in total. The molecule has 28 heavy (non-hydrogen) atoms. The molecule has 1 fully saturated rings. The van der Waals surface area contributed by atoms with E-state index in [1.54, 1.807) is 12.1 Å². The molecule has 0 atom stereocenters. The van der Waals surface area contributed by atoms with E-state index < -0.39 is 11.4 Å². The molecule has 1 amide bonds. The van der Waals surface area contributed by atoms with Crippen molar-refractivity contribution in [2.45, 2.75) is 32.3 Å². The molecule has 0 bridgehead atoms. The van der Waals surface area contributed by atoms with Crippen LogP contribution in [0.2, 0.25) is 5.02 Å². The normalized spacial score (nSPS) is 16.6. The van der Waals surface area contributed by atoms with Gasteiger partial charge in [-0.1, -0.05) is 25.4 Å². The highest BCUT2D eigenvalue weighted by atomic mass is 35.5. The summed E-state index contributed by atoms with van der Waals surface area (Å²) in [5, 5.41) is 9.34. The van der Waals surface area contributed by atoms with Crippen LogP contribution in [-0.2, 0) is 4.79 Å². The summed E-state index contributed by atoms with van der Waals surface area (Å²) < 4.78 is 25.6. The monoisotopic (exact) mass is 401 g/mol. The van der Waals surface area contributed by atoms with E-state index in [4.69, 9.17) is 26.3 Å². The van der Waals surface area contributed by atoms with Crippen LogP contribution in [0.4, 0.5) is 15.8 Å². The van der Waals surface area contributed by atoms with Crippen molar-refractivity contribution in [3.8, 4) is 17.7 Å². The highest BCUT2D eigenvalue weighted by Crippen LogP contribution is 2.52. The third-order valence-corrected chi connectivity index (χ3v) is 4.89. The van der Waals surface area contributed by atoms with Crippen LogP contribution in [0.25, 0.3) is 0 Å². The molecule has 1 aliphatic carbocycles. The van der Waals surface area contributed by atoms with Gasteiger partial charge in [0.15, 0.2) is 5.60 Å². The molecule has 2 heterocycles. The van der Waals surface area contributed by atoms with E-state index in [-0.39, 0.29) is 33.8 Å². The second-order valence-electron chi connectivity index (χ2n) is 7.33. The van der Waals surface area contributed by atoms with Crippen molar-refractivity contribution < 1.29 is 18.7 Å². The fraction of sp³-hybridized carbons (Fsp3) is 0.350. The smallest absolute Gasteiger partial charge is 0.275 e. The minimum absolute atomic E-state index is 0.141. The lowest BCUT2D eigenvalue weighted by atomic mass is 10.1. The third-order valence-electron chi connectivity index (χ3n) is 4.62. The summed E-state index contributed by atoms with van der Waals surface area (Å²) in [6, 6.07) is 5.79. The van der Waals surface area contributed by atoms with Gasteiger partial charge in [-0.3, -0.25) is 9.69 Å². The van der Waals surface area contributed by atoms with Gasteiger partial charge >= 0.3 is 0 Å². The van der Waals surface area contributed by atoms with Crippen LogP contribution < -0.4 is 14.4 Å². The molecule has 144 valence electrons. The maximum absolute atomic E-state index is 14.2. The number of hydrogen-bond donors (Lipinski definition) is 0. The molecule has 0 radical (unpaired) electrons. The summed E-state index contributed by atoms with van der Waals surface area (Å²) in [5.74, 6) is -0.182. The second-order valence-corrected chi connectivity index (χ2v) is 7.74. The van der Waals surface area contributed by atoms with Crippen molar-refractivity contribution >= 4 is 28.9 Å². The van der Waals surface area contributed by atoms with Crippen LogP contribution in [0.15, 0.2) is 24.4 Å². The van der Waals surface area contributed by atoms with E-state index in [9.17, 15) is 9.18 Å². The molecule has 0 unspecified atom stereocenters. The van der Waals surface area contributed by atoms with Gasteiger partial charge in [0.05, 0.1) is 29.7 Å². The molecule has 2 aliphatic rings. The minimum Gasteiger partial charge on any atom is -0.476 e. The van der Waals surface area contributed by atoms with Crippen molar-refractivity contribution in [3.05, 3.63) is 40.8 Å². The van der Waals surface area contributed by atoms with Crippen LogP contribution in [0.5, 0.6) is 11.6 Å². The molecule has 4 rings (SSSR count). The standard InChI is InChI=1S/C20H17ClFN3O3/c1-11(2)10-27-18-14(21)6-13(9-24-18)25-16-7-15(22)12(8-23)5-17(16)28-20(3-4-20)19(25)26/h5-7,9,11H,3-4,10H2,1-2H3. The number of carbonyl (C=O) groups excluding carboxylic acids is 1. The summed E-state index contributed by atoms with van der Waals surface area (Å²) in [4.78, 5) is 18.6. The summed E-state index contributed by atoms with van der Waals surface area (Å²) >= 11 is 6.30. The Bertz CT molecular complexity index is 1010. The number of fused-ring (bicyclic) bond motifs is 1. The molecule has 1 saturated carbocycles. The van der Waals surface area contributed by atoms with E-state index in [0.717, 1.165) is 6.07 Å². The van der Waals surface area contributed by atoms with E-state index in [0.29, 0.717) is 31.1 Å². The molecular weight excluding hydrogens is 385 g/mol. The van der Waals surface area contributed by atoms with Gasteiger partial charge in [0.1, 0.15) is 22.7 Å². The zero-order valence-corrected chi connectivity index (χ0v) is 16.1. The number of halogens is 2. The highest BCUT2D eigenvalue weighted by Gasteiger charge is 2.58. The van der Waals surface area contributed by atoms with Crippen molar-refractivity contribution in [3.63, 3.8) is 0 Å². The predicted octanol–water partition coefficient (Wildman–Crippen LogP) is 4.37. The Hall–Kier alpha value is -2.85. The number of aromatic nitrogens is 1. The molecule has 6 nitrogen and oxygen atoms in total. The van der Waals surface area contributed by atoms with E-state index in [1.165, 1.54) is 17.2 Å². The quantitative estimate of drug-likeness (QED) is 0.760. The molecule has 1 spiro atoms. The molecule has 1 aliphatic heterocycles. The first-order chi connectivity index (χ1) is 13.3. The van der Waals surface area contributed by atoms with E-state index in [2.05, 4.69) is 4.98 Å². The number of rotatable bonds is 4. The molecule has 0 saturated heterocycles. The largest absolute Gasteiger partial charge is 0.476 e. The number of ether oxygens (including phenoxy) is 2. The first-order valence-corrected chi connectivity index (χ1v) is 9.28. The molecular formula is C20H17ClFN3O3. The fourth-order valence-electron chi connectivity index (χ4n) is 3.03. The summed E-state index contributed by atoms with van der Waals surface area (Å²) in [6.07, 6.45) is 2.57. The Morgan fingerprint density at radius 3 is 2.79 bits per heavy atom. The lowest BCUT2D eigenvalue weighted by Crippen LogP contribution is -2.45. The molecule has 1 aromatic heterocycles. The minimum atomic E-state index is -0.975. The lowest BCUT2D eigenvalue weighted by molar-refractivity contribution is -0.127. The Labute approximate surface area is 166 Å². The number of amides is 1. The highest BCUT2D eigenvalue weighted by molar-refractivity contribution is 6.32. The average Bonchev–Trinajstić information content (AvgIpc) is 3.42. The lowest BCUT2D eigenvalue weighted by Gasteiger charge is -2.34. The number of carbonyl (C=O) groups is 1. The SMILES string of the molecule is CC(C)COc1ncc(N2C(=O)C3(CC3)Oc3cc(C#N)c(F)cc32)cc1Cl. The second kappa shape index (κ2) is 6.64. The topological polar surface area (TPSA) is 75.4 Å². The van der Waals surface area contributed by atoms with Gasteiger partial charge in [0.2, 0.25) is 5.88 Å². The first-order valence-electron chi connectivity index (χ1n) is 8.90. The maximum Gasteiger partial charge on any atom is 0.275 e. The van der Waals surface area contributed by atoms with Crippen LogP contribution in [-0.4, -0.2) is 23.1 Å². The van der Waals surface area contributed by atoms with E-state index in [1.807, 2.05) is 13.8 Å². The first kappa shape index (κ1) is 18.5. The van der Waals surface area contributed by atoms with E-state index >= 15 is 0 Å². The predicted molar refractivity (Wildman–Crippen MR) is 100 cm³/mol. The number of nitrogens with zero attached hydrogens (tertiary/aromatic N) is 3. The molecule has 1 aromatic carbocycles. The van der Waals surface area contributed by atoms with Crippen molar-refractivity contribution in [1.82, 2.24) is 4.98 Å². The van der Waals surface area contributed by atoms with Crippen LogP contribution in [0.3, 0.4) is 0 Å². The number of anilines is 2. The van der Waals surface area contributed by atoms with Gasteiger partial charge in [0, 0.05) is 25.0 Å². The van der Waals surface area contributed by atoms with Crippen molar-refractivity contribution in [1.29, 1.82) is 5.26 Å². The average molecular weight is 402 g/mol. The zero-order chi connectivity index (χ0) is 20.1. The van der Waals surface area contributed by atoms with Crippen molar-refractivity contribution in [2.75, 3.05) is 11.5 Å². The summed E-state index contributed by atoms with van der Waals surface area (Å²) in [7, 11) is 0. The number of benzene rings is 1. The van der Waals surface area contributed by atoms with Gasteiger partial charge in [-0.05, 0) is 12.0 Å². The summed E-state index contributed by atoms with van der Waals surface area (Å²) in [6.45, 7) is 4.46. The summed E-state index contributed by atoms with van der Waals surface area (Å²) in [5.41, 5.74) is -0.520. The Balaban J connectivity index is 1.77. The van der Waals surface area contributed by atoms with Gasteiger partial charge in [0.25, 0.3) is 5.91 Å². The Morgan fingerprint density at radius 2 is 2.18 bits per heavy atom. The van der Waals surface area contributed by atoms with Crippen LogP contribution >= 0.6 is 11.6 Å². The number of nitriles is 1. The number of pyridine rings is 1. The van der Waals surface area contributed by atoms with Crippen LogP contribution in [0, 0.1) is 23.1 Å². The zero-order valence-electron chi connectivity index (χ0n) is 15.3. The van der Waals surface area contributed by atoms with Gasteiger partial charge < -0.3 is 9.47 Å². The Morgan fingerprint density at radius 1 is 1.43 bits per heavy atom. The number of hydrogen-bond acceptors (Lipinski definition) is 5.